The first-order valence-corrected chi connectivity index (χ1v) is 3.91. The number of pyridine rings is 1. The number of terminal acetylenes is 1. The standard InChI is InChI=1S/C11H8N2/c1-2-8-3-4-9-7-13-11(12)6-10(9)5-8/h1,3-7H,(H2,12,13). The maximum atomic E-state index is 5.55. The number of benzene rings is 1. The van der Waals surface area contributed by atoms with Crippen molar-refractivity contribution >= 4 is 16.6 Å². The number of rotatable bonds is 0. The molecule has 0 saturated carbocycles. The van der Waals surface area contributed by atoms with E-state index in [1.54, 1.807) is 6.20 Å². The third kappa shape index (κ3) is 1.32. The van der Waals surface area contributed by atoms with E-state index in [0.717, 1.165) is 16.3 Å². The number of nitrogens with zero attached hydrogens (tertiary/aromatic N) is 1. The Hall–Kier alpha value is -2.01. The molecule has 0 radical (unpaired) electrons. The summed E-state index contributed by atoms with van der Waals surface area (Å²) < 4.78 is 0. The molecule has 0 atom stereocenters. The number of anilines is 1. The summed E-state index contributed by atoms with van der Waals surface area (Å²) in [5.74, 6) is 3.09. The molecular weight excluding hydrogens is 160 g/mol. The zero-order chi connectivity index (χ0) is 9.26. The first kappa shape index (κ1) is 7.63. The van der Waals surface area contributed by atoms with Gasteiger partial charge in [0.25, 0.3) is 0 Å². The Morgan fingerprint density at radius 1 is 1.23 bits per heavy atom. The van der Waals surface area contributed by atoms with E-state index in [4.69, 9.17) is 12.2 Å². The van der Waals surface area contributed by atoms with Gasteiger partial charge in [-0.15, -0.1) is 6.42 Å². The smallest absolute Gasteiger partial charge is 0.123 e. The number of fused-ring (bicyclic) bond motifs is 1. The largest absolute Gasteiger partial charge is 0.384 e. The van der Waals surface area contributed by atoms with Crippen LogP contribution in [0.15, 0.2) is 30.5 Å². The van der Waals surface area contributed by atoms with Crippen LogP contribution in [0.4, 0.5) is 5.82 Å². The normalized spacial score (nSPS) is 9.77. The molecule has 62 valence electrons. The average molecular weight is 168 g/mol. The molecular formula is C11H8N2. The molecule has 0 aliphatic carbocycles. The molecule has 0 fully saturated rings. The van der Waals surface area contributed by atoms with Gasteiger partial charge in [0.15, 0.2) is 0 Å². The van der Waals surface area contributed by atoms with Crippen LogP contribution in [0.2, 0.25) is 0 Å². The van der Waals surface area contributed by atoms with Crippen LogP contribution in [0.25, 0.3) is 10.8 Å². The molecule has 2 heteroatoms. The molecule has 0 spiro atoms. The Balaban J connectivity index is 2.77. The zero-order valence-electron chi connectivity index (χ0n) is 6.99. The molecule has 0 unspecified atom stereocenters. The lowest BCUT2D eigenvalue weighted by Gasteiger charge is -1.98. The van der Waals surface area contributed by atoms with E-state index in [1.807, 2.05) is 24.3 Å². The second-order valence-corrected chi connectivity index (χ2v) is 2.82. The number of aromatic nitrogens is 1. The summed E-state index contributed by atoms with van der Waals surface area (Å²) in [4.78, 5) is 3.99. The maximum Gasteiger partial charge on any atom is 0.123 e. The Kier molecular flexibility index (Phi) is 1.64. The van der Waals surface area contributed by atoms with Crippen LogP contribution in [-0.2, 0) is 0 Å². The fourth-order valence-corrected chi connectivity index (χ4v) is 1.25. The zero-order valence-corrected chi connectivity index (χ0v) is 6.99. The van der Waals surface area contributed by atoms with Crippen molar-refractivity contribution in [2.45, 2.75) is 0 Å². The predicted molar refractivity (Wildman–Crippen MR) is 54.1 cm³/mol. The number of hydrogen-bond acceptors (Lipinski definition) is 2. The van der Waals surface area contributed by atoms with Crippen LogP contribution in [0.1, 0.15) is 5.56 Å². The highest BCUT2D eigenvalue weighted by molar-refractivity contribution is 5.84. The van der Waals surface area contributed by atoms with Crippen LogP contribution in [-0.4, -0.2) is 4.98 Å². The summed E-state index contributed by atoms with van der Waals surface area (Å²) in [5, 5.41) is 2.08. The highest BCUT2D eigenvalue weighted by Gasteiger charge is 1.95. The van der Waals surface area contributed by atoms with Crippen molar-refractivity contribution in [3.8, 4) is 12.3 Å². The van der Waals surface area contributed by atoms with Crippen LogP contribution >= 0.6 is 0 Å². The van der Waals surface area contributed by atoms with Gasteiger partial charge >= 0.3 is 0 Å². The Bertz CT molecular complexity index is 495. The van der Waals surface area contributed by atoms with Crippen molar-refractivity contribution < 1.29 is 0 Å². The molecule has 1 heterocycles. The lowest BCUT2D eigenvalue weighted by atomic mass is 10.1. The summed E-state index contributed by atoms with van der Waals surface area (Å²) in [6, 6.07) is 7.57. The molecule has 0 bridgehead atoms. The first-order valence-electron chi connectivity index (χ1n) is 3.91. The summed E-state index contributed by atoms with van der Waals surface area (Å²) in [6.07, 6.45) is 7.02. The summed E-state index contributed by atoms with van der Waals surface area (Å²) in [6.45, 7) is 0. The molecule has 1 aromatic carbocycles. The lowest BCUT2D eigenvalue weighted by Crippen LogP contribution is -1.88. The Morgan fingerprint density at radius 3 is 2.85 bits per heavy atom. The molecule has 0 aliphatic heterocycles. The molecule has 0 saturated heterocycles. The van der Waals surface area contributed by atoms with Gasteiger partial charge in [-0.05, 0) is 23.6 Å². The van der Waals surface area contributed by atoms with Gasteiger partial charge in [-0.25, -0.2) is 4.98 Å². The SMILES string of the molecule is C#Cc1ccc2cnc(N)cc2c1. The van der Waals surface area contributed by atoms with Crippen molar-refractivity contribution in [2.75, 3.05) is 5.73 Å². The van der Waals surface area contributed by atoms with E-state index < -0.39 is 0 Å². The molecule has 0 amide bonds. The van der Waals surface area contributed by atoms with E-state index >= 15 is 0 Å². The van der Waals surface area contributed by atoms with Gasteiger partial charge in [-0.1, -0.05) is 12.0 Å². The van der Waals surface area contributed by atoms with Crippen LogP contribution in [0.5, 0.6) is 0 Å². The lowest BCUT2D eigenvalue weighted by molar-refractivity contribution is 1.37. The molecule has 2 nitrogen and oxygen atoms in total. The summed E-state index contributed by atoms with van der Waals surface area (Å²) in [7, 11) is 0. The minimum absolute atomic E-state index is 0.515. The van der Waals surface area contributed by atoms with Crippen LogP contribution in [0, 0.1) is 12.3 Å². The van der Waals surface area contributed by atoms with Gasteiger partial charge in [-0.2, -0.15) is 0 Å². The van der Waals surface area contributed by atoms with Crippen molar-refractivity contribution in [1.82, 2.24) is 4.98 Å². The average Bonchev–Trinajstić information content (AvgIpc) is 2.16. The van der Waals surface area contributed by atoms with Gasteiger partial charge < -0.3 is 5.73 Å². The summed E-state index contributed by atoms with van der Waals surface area (Å²) in [5.41, 5.74) is 6.41. The number of hydrogen-bond donors (Lipinski definition) is 1. The van der Waals surface area contributed by atoms with E-state index in [1.165, 1.54) is 0 Å². The highest BCUT2D eigenvalue weighted by atomic mass is 14.8. The quantitative estimate of drug-likeness (QED) is 0.609. The minimum atomic E-state index is 0.515. The second kappa shape index (κ2) is 2.80. The van der Waals surface area contributed by atoms with Crippen molar-refractivity contribution in [1.29, 1.82) is 0 Å². The number of nitrogens with two attached hydrogens (primary N) is 1. The topological polar surface area (TPSA) is 38.9 Å². The monoisotopic (exact) mass is 168 g/mol. The predicted octanol–water partition coefficient (Wildman–Crippen LogP) is 1.80. The van der Waals surface area contributed by atoms with E-state index in [0.29, 0.717) is 5.82 Å². The molecule has 2 N–H and O–H groups in total. The third-order valence-electron chi connectivity index (χ3n) is 1.91. The van der Waals surface area contributed by atoms with Gasteiger partial charge in [0.05, 0.1) is 0 Å². The van der Waals surface area contributed by atoms with E-state index in [-0.39, 0.29) is 0 Å². The third-order valence-corrected chi connectivity index (χ3v) is 1.91. The first-order chi connectivity index (χ1) is 6.29. The van der Waals surface area contributed by atoms with Crippen molar-refractivity contribution in [3.63, 3.8) is 0 Å². The maximum absolute atomic E-state index is 5.55. The fourth-order valence-electron chi connectivity index (χ4n) is 1.25. The van der Waals surface area contributed by atoms with Gasteiger partial charge in [-0.3, -0.25) is 0 Å². The fraction of sp³-hybridized carbons (Fsp3) is 0. The van der Waals surface area contributed by atoms with Crippen molar-refractivity contribution in [2.24, 2.45) is 0 Å². The molecule has 13 heavy (non-hydrogen) atoms. The molecule has 0 aliphatic rings. The molecule has 1 aromatic heterocycles. The molecule has 2 rings (SSSR count). The van der Waals surface area contributed by atoms with Crippen LogP contribution in [0.3, 0.4) is 0 Å². The Labute approximate surface area is 76.4 Å². The highest BCUT2D eigenvalue weighted by Crippen LogP contribution is 2.16. The summed E-state index contributed by atoms with van der Waals surface area (Å²) >= 11 is 0. The second-order valence-electron chi connectivity index (χ2n) is 2.82. The van der Waals surface area contributed by atoms with Crippen LogP contribution < -0.4 is 5.73 Å². The van der Waals surface area contributed by atoms with Crippen molar-refractivity contribution in [3.05, 3.63) is 36.0 Å². The number of nitrogen functional groups attached to an aromatic ring is 1. The minimum Gasteiger partial charge on any atom is -0.384 e. The Morgan fingerprint density at radius 2 is 2.08 bits per heavy atom. The van der Waals surface area contributed by atoms with Gasteiger partial charge in [0.2, 0.25) is 0 Å². The molecule has 2 aromatic rings. The van der Waals surface area contributed by atoms with Gasteiger partial charge in [0.1, 0.15) is 5.82 Å². The van der Waals surface area contributed by atoms with E-state index in [2.05, 4.69) is 10.9 Å². The van der Waals surface area contributed by atoms with Gasteiger partial charge in [0, 0.05) is 17.1 Å². The van der Waals surface area contributed by atoms with E-state index in [9.17, 15) is 0 Å².